The predicted octanol–water partition coefficient (Wildman–Crippen LogP) is -0.634. The van der Waals surface area contributed by atoms with Crippen LogP contribution in [0.5, 0.6) is 0 Å². The van der Waals surface area contributed by atoms with Gasteiger partial charge in [0.2, 0.25) is 0 Å². The van der Waals surface area contributed by atoms with E-state index >= 15 is 0 Å². The number of nitrogens with one attached hydrogen (secondary N) is 2. The van der Waals surface area contributed by atoms with Crippen LogP contribution in [0.25, 0.3) is 0 Å². The lowest BCUT2D eigenvalue weighted by atomic mass is 10.1. The van der Waals surface area contributed by atoms with Gasteiger partial charge in [-0.3, -0.25) is 4.79 Å². The largest absolute Gasteiger partial charge is 0.479 e. The summed E-state index contributed by atoms with van der Waals surface area (Å²) in [6.07, 6.45) is 1.66. The number of hydrogen-bond donors (Lipinski definition) is 4. The number of thioether (sulfide) groups is 1. The Bertz CT molecular complexity index is 596. The molecule has 0 aliphatic carbocycles. The number of nitrogens with zero attached hydrogens (tertiary/aromatic N) is 1. The van der Waals surface area contributed by atoms with Crippen molar-refractivity contribution in [3.05, 3.63) is 21.7 Å². The molecule has 110 valence electrons. The Morgan fingerprint density at radius 1 is 1.50 bits per heavy atom. The maximum Gasteiger partial charge on any atom is 0.346 e. The van der Waals surface area contributed by atoms with Crippen LogP contribution in [0.15, 0.2) is 9.82 Å². The first-order valence-corrected chi connectivity index (χ1v) is 6.80. The zero-order valence-corrected chi connectivity index (χ0v) is 12.0. The first-order chi connectivity index (χ1) is 9.19. The van der Waals surface area contributed by atoms with Crippen molar-refractivity contribution in [2.75, 3.05) is 12.8 Å². The van der Waals surface area contributed by atoms with Crippen LogP contribution in [0.1, 0.15) is 23.0 Å². The van der Waals surface area contributed by atoms with Gasteiger partial charge in [0.1, 0.15) is 5.03 Å². The number of hydrogen-bond acceptors (Lipinski definition) is 6. The minimum absolute atomic E-state index is 0.151. The Morgan fingerprint density at radius 3 is 2.60 bits per heavy atom. The molecule has 9 heteroatoms. The van der Waals surface area contributed by atoms with Crippen LogP contribution in [0.3, 0.4) is 0 Å². The Hall–Kier alpha value is -1.87. The highest BCUT2D eigenvalue weighted by molar-refractivity contribution is 7.98. The highest BCUT2D eigenvalue weighted by atomic mass is 32.2. The summed E-state index contributed by atoms with van der Waals surface area (Å²) in [5, 5.41) is 20.8. The quantitative estimate of drug-likeness (QED) is 0.420. The minimum atomic E-state index is -2.07. The van der Waals surface area contributed by atoms with E-state index in [0.717, 1.165) is 18.7 Å². The average Bonchev–Trinajstić information content (AvgIpc) is 2.34. The molecule has 0 fully saturated rings. The molecule has 1 heterocycles. The standard InChI is InChI=1S/C11H15N3O5S/c1-5-6(8(20-3)14-10(18)13-5)7(15)12-4-11(2,19)9(16)17/h19H,4H2,1-3H3,(H,12,15)(H,16,17)(H,13,14,18). The monoisotopic (exact) mass is 301 g/mol. The van der Waals surface area contributed by atoms with Gasteiger partial charge in [-0.2, -0.15) is 4.98 Å². The molecule has 1 amide bonds. The number of aromatic nitrogens is 2. The Morgan fingerprint density at radius 2 is 2.10 bits per heavy atom. The van der Waals surface area contributed by atoms with Gasteiger partial charge in [0, 0.05) is 5.69 Å². The van der Waals surface area contributed by atoms with Crippen molar-refractivity contribution in [2.24, 2.45) is 0 Å². The molecule has 1 aromatic rings. The van der Waals surface area contributed by atoms with E-state index < -0.39 is 29.7 Å². The average molecular weight is 301 g/mol. The van der Waals surface area contributed by atoms with Crippen LogP contribution in [0.2, 0.25) is 0 Å². The van der Waals surface area contributed by atoms with Crippen LogP contribution in [-0.4, -0.2) is 50.5 Å². The summed E-state index contributed by atoms with van der Waals surface area (Å²) >= 11 is 1.12. The van der Waals surface area contributed by atoms with Gasteiger partial charge in [0.15, 0.2) is 5.60 Å². The molecular weight excluding hydrogens is 286 g/mol. The van der Waals surface area contributed by atoms with Crippen LogP contribution < -0.4 is 11.0 Å². The number of amides is 1. The summed E-state index contributed by atoms with van der Waals surface area (Å²) in [6, 6.07) is 0. The molecule has 1 rings (SSSR count). The fraction of sp³-hybridized carbons (Fsp3) is 0.455. The molecule has 1 atom stereocenters. The molecule has 0 saturated heterocycles. The second-order valence-corrected chi connectivity index (χ2v) is 5.11. The summed E-state index contributed by atoms with van der Waals surface area (Å²) in [5.74, 6) is -2.06. The van der Waals surface area contributed by atoms with Crippen LogP contribution in [0.4, 0.5) is 0 Å². The summed E-state index contributed by atoms with van der Waals surface area (Å²) in [4.78, 5) is 40.1. The number of aliphatic carboxylic acids is 1. The molecule has 0 aromatic carbocycles. The topological polar surface area (TPSA) is 132 Å². The van der Waals surface area contributed by atoms with Gasteiger partial charge in [-0.15, -0.1) is 11.8 Å². The molecule has 0 aliphatic rings. The number of carboxylic acids is 1. The highest BCUT2D eigenvalue weighted by Gasteiger charge is 2.31. The van der Waals surface area contributed by atoms with E-state index in [-0.39, 0.29) is 10.6 Å². The third-order valence-corrected chi connectivity index (χ3v) is 3.24. The van der Waals surface area contributed by atoms with Crippen molar-refractivity contribution in [1.29, 1.82) is 0 Å². The maximum atomic E-state index is 12.0. The molecular formula is C11H15N3O5S. The number of carboxylic acid groups (broad SMARTS) is 1. The molecule has 0 aliphatic heterocycles. The van der Waals surface area contributed by atoms with Gasteiger partial charge in [-0.25, -0.2) is 9.59 Å². The molecule has 20 heavy (non-hydrogen) atoms. The highest BCUT2D eigenvalue weighted by Crippen LogP contribution is 2.18. The zero-order valence-electron chi connectivity index (χ0n) is 11.2. The van der Waals surface area contributed by atoms with Crippen LogP contribution in [0, 0.1) is 6.92 Å². The second kappa shape index (κ2) is 6.06. The van der Waals surface area contributed by atoms with Crippen molar-refractivity contribution in [3.8, 4) is 0 Å². The molecule has 1 aromatic heterocycles. The van der Waals surface area contributed by atoms with E-state index in [1.54, 1.807) is 6.26 Å². The maximum absolute atomic E-state index is 12.0. The van der Waals surface area contributed by atoms with Gasteiger partial charge < -0.3 is 20.5 Å². The van der Waals surface area contributed by atoms with E-state index in [1.807, 2.05) is 0 Å². The van der Waals surface area contributed by atoms with E-state index in [9.17, 15) is 19.5 Å². The van der Waals surface area contributed by atoms with Crippen molar-refractivity contribution < 1.29 is 19.8 Å². The third kappa shape index (κ3) is 3.58. The predicted molar refractivity (Wildman–Crippen MR) is 72.0 cm³/mol. The van der Waals surface area contributed by atoms with Crippen LogP contribution in [-0.2, 0) is 4.79 Å². The van der Waals surface area contributed by atoms with Gasteiger partial charge in [-0.05, 0) is 20.1 Å². The fourth-order valence-electron chi connectivity index (χ4n) is 1.39. The van der Waals surface area contributed by atoms with Crippen molar-refractivity contribution in [2.45, 2.75) is 24.5 Å². The Labute approximate surface area is 118 Å². The van der Waals surface area contributed by atoms with Crippen LogP contribution >= 0.6 is 11.8 Å². The molecule has 4 N–H and O–H groups in total. The van der Waals surface area contributed by atoms with Crippen molar-refractivity contribution in [1.82, 2.24) is 15.3 Å². The van der Waals surface area contributed by atoms with Gasteiger partial charge in [0.05, 0.1) is 12.1 Å². The van der Waals surface area contributed by atoms with E-state index in [1.165, 1.54) is 6.92 Å². The number of carbonyl (C=O) groups is 2. The number of aliphatic hydroxyl groups is 1. The lowest BCUT2D eigenvalue weighted by molar-refractivity contribution is -0.155. The van der Waals surface area contributed by atoms with E-state index in [2.05, 4.69) is 15.3 Å². The van der Waals surface area contributed by atoms with E-state index in [0.29, 0.717) is 5.69 Å². The van der Waals surface area contributed by atoms with Gasteiger partial charge >= 0.3 is 11.7 Å². The summed E-state index contributed by atoms with van der Waals surface area (Å²) in [5.41, 5.74) is -2.17. The summed E-state index contributed by atoms with van der Waals surface area (Å²) < 4.78 is 0. The summed E-state index contributed by atoms with van der Waals surface area (Å²) in [6.45, 7) is 2.14. The number of H-pyrrole nitrogens is 1. The minimum Gasteiger partial charge on any atom is -0.479 e. The van der Waals surface area contributed by atoms with Crippen molar-refractivity contribution >= 4 is 23.6 Å². The number of rotatable bonds is 5. The molecule has 0 bridgehead atoms. The first-order valence-electron chi connectivity index (χ1n) is 5.58. The molecule has 0 radical (unpaired) electrons. The molecule has 0 saturated carbocycles. The molecule has 1 unspecified atom stereocenters. The number of aromatic amines is 1. The third-order valence-electron chi connectivity index (χ3n) is 2.56. The van der Waals surface area contributed by atoms with E-state index in [4.69, 9.17) is 5.11 Å². The SMILES string of the molecule is CSc1nc(=O)[nH]c(C)c1C(=O)NCC(C)(O)C(=O)O. The van der Waals surface area contributed by atoms with Crippen molar-refractivity contribution in [3.63, 3.8) is 0 Å². The lowest BCUT2D eigenvalue weighted by Gasteiger charge is -2.19. The Kier molecular flexibility index (Phi) is 4.90. The molecule has 8 nitrogen and oxygen atoms in total. The number of carbonyl (C=O) groups excluding carboxylic acids is 1. The second-order valence-electron chi connectivity index (χ2n) is 4.31. The first kappa shape index (κ1) is 16.2. The van der Waals surface area contributed by atoms with Gasteiger partial charge in [-0.1, -0.05) is 0 Å². The number of aryl methyl sites for hydroxylation is 1. The zero-order chi connectivity index (χ0) is 15.5. The summed E-state index contributed by atoms with van der Waals surface area (Å²) in [7, 11) is 0. The lowest BCUT2D eigenvalue weighted by Crippen LogP contribution is -2.46. The normalized spacial score (nSPS) is 13.6. The molecule has 0 spiro atoms. The Balaban J connectivity index is 2.99. The fourth-order valence-corrected chi connectivity index (χ4v) is 2.02. The smallest absolute Gasteiger partial charge is 0.346 e. The van der Waals surface area contributed by atoms with Gasteiger partial charge in [0.25, 0.3) is 5.91 Å².